The van der Waals surface area contributed by atoms with Gasteiger partial charge in [0.25, 0.3) is 0 Å². The van der Waals surface area contributed by atoms with Gasteiger partial charge in [-0.2, -0.15) is 0 Å². The van der Waals surface area contributed by atoms with Crippen LogP contribution in [0.3, 0.4) is 0 Å². The molecule has 2 aromatic carbocycles. The smallest absolute Gasteiger partial charge is 0.136 e. The normalized spacial score (nSPS) is 12.3. The van der Waals surface area contributed by atoms with Crippen LogP contribution in [0.1, 0.15) is 29.7 Å². The average Bonchev–Trinajstić information content (AvgIpc) is 2.32. The Labute approximate surface area is 112 Å². The number of benzene rings is 2. The van der Waals surface area contributed by atoms with Crippen molar-refractivity contribution in [3.8, 4) is 11.5 Å². The van der Waals surface area contributed by atoms with Gasteiger partial charge in [-0.25, -0.2) is 4.39 Å². The molecule has 1 N–H and O–H groups in total. The van der Waals surface area contributed by atoms with E-state index in [9.17, 15) is 9.50 Å². The first-order chi connectivity index (χ1) is 8.99. The summed E-state index contributed by atoms with van der Waals surface area (Å²) < 4.78 is 19.5. The maximum atomic E-state index is 13.7. The van der Waals surface area contributed by atoms with Crippen LogP contribution in [-0.4, -0.2) is 5.11 Å². The molecule has 2 nitrogen and oxygen atoms in total. The molecule has 0 spiro atoms. The molecule has 0 unspecified atom stereocenters. The fraction of sp³-hybridized carbons (Fsp3) is 0.250. The van der Waals surface area contributed by atoms with Gasteiger partial charge in [-0.1, -0.05) is 23.8 Å². The van der Waals surface area contributed by atoms with E-state index in [1.165, 1.54) is 13.0 Å². The second kappa shape index (κ2) is 5.41. The number of ether oxygens (including phenoxy) is 1. The summed E-state index contributed by atoms with van der Waals surface area (Å²) in [6.45, 7) is 5.46. The first kappa shape index (κ1) is 13.6. The molecule has 0 fully saturated rings. The third kappa shape index (κ3) is 2.93. The molecule has 0 amide bonds. The summed E-state index contributed by atoms with van der Waals surface area (Å²) in [6, 6.07) is 10.3. The van der Waals surface area contributed by atoms with Gasteiger partial charge in [0.1, 0.15) is 17.3 Å². The summed E-state index contributed by atoms with van der Waals surface area (Å²) in [5.74, 6) is 0.553. The summed E-state index contributed by atoms with van der Waals surface area (Å²) in [4.78, 5) is 0. The number of aryl methyl sites for hydroxylation is 2. The molecule has 0 saturated heterocycles. The summed E-state index contributed by atoms with van der Waals surface area (Å²) in [7, 11) is 0. The Kier molecular flexibility index (Phi) is 3.86. The Morgan fingerprint density at radius 2 is 1.84 bits per heavy atom. The molecule has 19 heavy (non-hydrogen) atoms. The lowest BCUT2D eigenvalue weighted by Gasteiger charge is -2.15. The molecular formula is C16H17FO2. The maximum absolute atomic E-state index is 13.7. The summed E-state index contributed by atoms with van der Waals surface area (Å²) >= 11 is 0. The van der Waals surface area contributed by atoms with Crippen LogP contribution in [0.2, 0.25) is 0 Å². The van der Waals surface area contributed by atoms with Crippen LogP contribution in [-0.2, 0) is 0 Å². The Morgan fingerprint density at radius 1 is 1.11 bits per heavy atom. The van der Waals surface area contributed by atoms with E-state index in [4.69, 9.17) is 4.74 Å². The Hall–Kier alpha value is -1.87. The highest BCUT2D eigenvalue weighted by Crippen LogP contribution is 2.33. The zero-order valence-electron chi connectivity index (χ0n) is 11.3. The molecule has 0 saturated carbocycles. The van der Waals surface area contributed by atoms with Gasteiger partial charge in [-0.05, 0) is 44.5 Å². The van der Waals surface area contributed by atoms with E-state index in [1.54, 1.807) is 12.1 Å². The van der Waals surface area contributed by atoms with Crippen LogP contribution in [0.25, 0.3) is 0 Å². The highest BCUT2D eigenvalue weighted by Gasteiger charge is 2.15. The number of hydrogen-bond acceptors (Lipinski definition) is 2. The molecule has 0 aliphatic rings. The van der Waals surface area contributed by atoms with Crippen molar-refractivity contribution in [3.05, 3.63) is 58.9 Å². The predicted octanol–water partition coefficient (Wildman–Crippen LogP) is 4.29. The van der Waals surface area contributed by atoms with Crippen molar-refractivity contribution >= 4 is 0 Å². The minimum atomic E-state index is -0.915. The van der Waals surface area contributed by atoms with Crippen molar-refractivity contribution in [2.24, 2.45) is 0 Å². The highest BCUT2D eigenvalue weighted by atomic mass is 19.1. The summed E-state index contributed by atoms with van der Waals surface area (Å²) in [6.07, 6.45) is -0.915. The van der Waals surface area contributed by atoms with Gasteiger partial charge >= 0.3 is 0 Å². The van der Waals surface area contributed by atoms with Crippen molar-refractivity contribution in [1.29, 1.82) is 0 Å². The van der Waals surface area contributed by atoms with E-state index < -0.39 is 11.9 Å². The van der Waals surface area contributed by atoms with Gasteiger partial charge in [0, 0.05) is 0 Å². The number of aliphatic hydroxyl groups excluding tert-OH is 1. The third-order valence-electron chi connectivity index (χ3n) is 2.98. The standard InChI is InChI=1S/C16H17FO2/c1-10-7-8-14(11(2)9-10)19-15-6-4-5-13(17)16(15)12(3)18/h4-9,12,18H,1-3H3/t12-/m0/s1. The molecule has 0 heterocycles. The lowest BCUT2D eigenvalue weighted by molar-refractivity contribution is 0.190. The first-order valence-electron chi connectivity index (χ1n) is 6.20. The van der Waals surface area contributed by atoms with Crippen molar-refractivity contribution < 1.29 is 14.2 Å². The van der Waals surface area contributed by atoms with E-state index in [2.05, 4.69) is 0 Å². The van der Waals surface area contributed by atoms with Crippen LogP contribution in [0.15, 0.2) is 36.4 Å². The topological polar surface area (TPSA) is 29.5 Å². The van der Waals surface area contributed by atoms with E-state index in [0.29, 0.717) is 11.5 Å². The van der Waals surface area contributed by atoms with Gasteiger partial charge in [0.15, 0.2) is 0 Å². The van der Waals surface area contributed by atoms with E-state index >= 15 is 0 Å². The molecule has 100 valence electrons. The minimum Gasteiger partial charge on any atom is -0.457 e. The zero-order valence-corrected chi connectivity index (χ0v) is 11.3. The van der Waals surface area contributed by atoms with E-state index in [-0.39, 0.29) is 5.56 Å². The van der Waals surface area contributed by atoms with Gasteiger partial charge < -0.3 is 9.84 Å². The van der Waals surface area contributed by atoms with Crippen molar-refractivity contribution in [3.63, 3.8) is 0 Å². The molecule has 2 aromatic rings. The van der Waals surface area contributed by atoms with Gasteiger partial charge in [0.2, 0.25) is 0 Å². The van der Waals surface area contributed by atoms with Gasteiger partial charge in [0.05, 0.1) is 11.7 Å². The first-order valence-corrected chi connectivity index (χ1v) is 6.20. The van der Waals surface area contributed by atoms with Crippen LogP contribution in [0.4, 0.5) is 4.39 Å². The second-order valence-corrected chi connectivity index (χ2v) is 4.70. The van der Waals surface area contributed by atoms with Crippen LogP contribution >= 0.6 is 0 Å². The molecule has 2 rings (SSSR count). The highest BCUT2D eigenvalue weighted by molar-refractivity contribution is 5.43. The average molecular weight is 260 g/mol. The number of rotatable bonds is 3. The third-order valence-corrected chi connectivity index (χ3v) is 2.98. The fourth-order valence-corrected chi connectivity index (χ4v) is 2.04. The lowest BCUT2D eigenvalue weighted by atomic mass is 10.1. The molecule has 3 heteroatoms. The molecule has 0 radical (unpaired) electrons. The molecule has 0 aliphatic heterocycles. The van der Waals surface area contributed by atoms with Crippen molar-refractivity contribution in [2.75, 3.05) is 0 Å². The molecule has 0 aliphatic carbocycles. The quantitative estimate of drug-likeness (QED) is 0.892. The number of hydrogen-bond donors (Lipinski definition) is 1. The number of halogens is 1. The summed E-state index contributed by atoms with van der Waals surface area (Å²) in [5, 5.41) is 9.66. The lowest BCUT2D eigenvalue weighted by Crippen LogP contribution is -2.00. The predicted molar refractivity (Wildman–Crippen MR) is 73.0 cm³/mol. The van der Waals surface area contributed by atoms with E-state index in [0.717, 1.165) is 11.1 Å². The maximum Gasteiger partial charge on any atom is 0.136 e. The minimum absolute atomic E-state index is 0.183. The monoisotopic (exact) mass is 260 g/mol. The number of aliphatic hydroxyl groups is 1. The molecule has 0 aromatic heterocycles. The van der Waals surface area contributed by atoms with Crippen LogP contribution < -0.4 is 4.74 Å². The van der Waals surface area contributed by atoms with Crippen molar-refractivity contribution in [2.45, 2.75) is 26.9 Å². The van der Waals surface area contributed by atoms with Crippen LogP contribution in [0.5, 0.6) is 11.5 Å². The Bertz CT molecular complexity index is 591. The van der Waals surface area contributed by atoms with Crippen LogP contribution in [0, 0.1) is 19.7 Å². The second-order valence-electron chi connectivity index (χ2n) is 4.70. The fourth-order valence-electron chi connectivity index (χ4n) is 2.04. The van der Waals surface area contributed by atoms with Gasteiger partial charge in [-0.3, -0.25) is 0 Å². The zero-order chi connectivity index (χ0) is 14.0. The Balaban J connectivity index is 2.41. The molecular weight excluding hydrogens is 243 g/mol. The Morgan fingerprint density at radius 3 is 2.47 bits per heavy atom. The van der Waals surface area contributed by atoms with E-state index in [1.807, 2.05) is 32.0 Å². The molecule has 1 atom stereocenters. The van der Waals surface area contributed by atoms with Gasteiger partial charge in [-0.15, -0.1) is 0 Å². The SMILES string of the molecule is Cc1ccc(Oc2cccc(F)c2[C@H](C)O)c(C)c1. The molecule has 0 bridgehead atoms. The largest absolute Gasteiger partial charge is 0.457 e. The van der Waals surface area contributed by atoms with Crippen molar-refractivity contribution in [1.82, 2.24) is 0 Å². The summed E-state index contributed by atoms with van der Waals surface area (Å²) in [5.41, 5.74) is 2.29.